The standard InChI is InChI=1S/C21H25N3O6S/c1-15-13-23(14-16(2)30-15)31(28,29)11-10-22-19-9-8-18(12-20(19)24(26)27)21(25)17-6-4-3-5-7-17/h3-9,12,15-16,22H,10-11,13-14H2,1-2H3/t15-,16-/m0/s1. The zero-order valence-corrected chi connectivity index (χ0v) is 18.2. The molecular weight excluding hydrogens is 422 g/mol. The summed E-state index contributed by atoms with van der Waals surface area (Å²) in [5, 5.41) is 14.4. The van der Waals surface area contributed by atoms with Crippen LogP contribution in [0.15, 0.2) is 48.5 Å². The van der Waals surface area contributed by atoms with Crippen LogP contribution in [0, 0.1) is 10.1 Å². The van der Waals surface area contributed by atoms with E-state index in [1.54, 1.807) is 30.3 Å². The van der Waals surface area contributed by atoms with Gasteiger partial charge in [-0.05, 0) is 26.0 Å². The highest BCUT2D eigenvalue weighted by molar-refractivity contribution is 7.89. The molecule has 1 aliphatic heterocycles. The van der Waals surface area contributed by atoms with Crippen LogP contribution in [0.1, 0.15) is 29.8 Å². The number of carbonyl (C=O) groups excluding carboxylic acids is 1. The molecule has 0 aromatic heterocycles. The van der Waals surface area contributed by atoms with Crippen molar-refractivity contribution in [2.45, 2.75) is 26.1 Å². The molecule has 0 aliphatic carbocycles. The first kappa shape index (κ1) is 22.9. The lowest BCUT2D eigenvalue weighted by Gasteiger charge is -2.34. The maximum absolute atomic E-state index is 12.6. The minimum atomic E-state index is -3.54. The first-order valence-electron chi connectivity index (χ1n) is 9.92. The van der Waals surface area contributed by atoms with Crippen molar-refractivity contribution in [2.24, 2.45) is 0 Å². The number of ether oxygens (including phenoxy) is 1. The number of rotatable bonds is 8. The van der Waals surface area contributed by atoms with Crippen molar-refractivity contribution in [2.75, 3.05) is 30.7 Å². The number of carbonyl (C=O) groups is 1. The molecule has 1 heterocycles. The second-order valence-electron chi connectivity index (χ2n) is 7.50. The summed E-state index contributed by atoms with van der Waals surface area (Å²) in [6.07, 6.45) is -0.385. The van der Waals surface area contributed by atoms with Crippen LogP contribution in [0.3, 0.4) is 0 Å². The van der Waals surface area contributed by atoms with E-state index in [9.17, 15) is 23.3 Å². The summed E-state index contributed by atoms with van der Waals surface area (Å²) in [5.41, 5.74) is 0.492. The molecule has 9 nitrogen and oxygen atoms in total. The van der Waals surface area contributed by atoms with Crippen molar-refractivity contribution >= 4 is 27.2 Å². The molecule has 2 aromatic carbocycles. The number of nitrogens with one attached hydrogen (secondary N) is 1. The van der Waals surface area contributed by atoms with E-state index < -0.39 is 14.9 Å². The predicted molar refractivity (Wildman–Crippen MR) is 117 cm³/mol. The van der Waals surface area contributed by atoms with Crippen LogP contribution in [-0.2, 0) is 14.8 Å². The lowest BCUT2D eigenvalue weighted by atomic mass is 10.0. The summed E-state index contributed by atoms with van der Waals surface area (Å²) in [7, 11) is -3.54. The van der Waals surface area contributed by atoms with Crippen molar-refractivity contribution < 1.29 is 22.9 Å². The largest absolute Gasteiger partial charge is 0.378 e. The first-order valence-corrected chi connectivity index (χ1v) is 11.5. The number of ketones is 1. The topological polar surface area (TPSA) is 119 Å². The van der Waals surface area contributed by atoms with Crippen molar-refractivity contribution in [1.82, 2.24) is 4.31 Å². The second kappa shape index (κ2) is 9.54. The smallest absolute Gasteiger partial charge is 0.293 e. The Morgan fingerprint density at radius 2 is 1.77 bits per heavy atom. The molecule has 2 aromatic rings. The fourth-order valence-electron chi connectivity index (χ4n) is 3.53. The molecule has 1 fully saturated rings. The Bertz CT molecular complexity index is 1050. The fraction of sp³-hybridized carbons (Fsp3) is 0.381. The first-order chi connectivity index (χ1) is 14.7. The molecule has 1 saturated heterocycles. The zero-order chi connectivity index (χ0) is 22.6. The maximum atomic E-state index is 12.6. The number of hydrogen-bond acceptors (Lipinski definition) is 7. The van der Waals surface area contributed by atoms with Gasteiger partial charge in [0.05, 0.1) is 22.9 Å². The zero-order valence-electron chi connectivity index (χ0n) is 17.4. The van der Waals surface area contributed by atoms with Crippen LogP contribution >= 0.6 is 0 Å². The number of morpholine rings is 1. The van der Waals surface area contributed by atoms with Crippen LogP contribution in [0.2, 0.25) is 0 Å². The van der Waals surface area contributed by atoms with Gasteiger partial charge >= 0.3 is 0 Å². The van der Waals surface area contributed by atoms with Crippen molar-refractivity contribution in [3.63, 3.8) is 0 Å². The van der Waals surface area contributed by atoms with Gasteiger partial charge in [0.2, 0.25) is 10.0 Å². The normalized spacial score (nSPS) is 19.7. The molecule has 0 amide bonds. The Hall–Kier alpha value is -2.82. The third kappa shape index (κ3) is 5.66. The minimum Gasteiger partial charge on any atom is -0.378 e. The van der Waals surface area contributed by atoms with Crippen LogP contribution in [-0.4, -0.2) is 61.0 Å². The molecule has 2 atom stereocenters. The van der Waals surface area contributed by atoms with Gasteiger partial charge < -0.3 is 10.1 Å². The number of nitro benzene ring substituents is 1. The van der Waals surface area contributed by atoms with Crippen LogP contribution in [0.25, 0.3) is 0 Å². The van der Waals surface area contributed by atoms with E-state index >= 15 is 0 Å². The van der Waals surface area contributed by atoms with Crippen LogP contribution in [0.5, 0.6) is 0 Å². The minimum absolute atomic E-state index is 0.00469. The summed E-state index contributed by atoms with van der Waals surface area (Å²) in [4.78, 5) is 23.5. The molecule has 1 aliphatic rings. The highest BCUT2D eigenvalue weighted by Gasteiger charge is 2.30. The number of nitro groups is 1. The SMILES string of the molecule is C[C@H]1CN(S(=O)(=O)CCNc2ccc(C(=O)c3ccccc3)cc2[N+](=O)[O-])C[C@H](C)O1. The van der Waals surface area contributed by atoms with Crippen LogP contribution < -0.4 is 5.32 Å². The number of anilines is 1. The Balaban J connectivity index is 1.70. The van der Waals surface area contributed by atoms with E-state index in [0.29, 0.717) is 5.56 Å². The monoisotopic (exact) mass is 447 g/mol. The molecule has 0 unspecified atom stereocenters. The predicted octanol–water partition coefficient (Wildman–Crippen LogP) is 2.68. The lowest BCUT2D eigenvalue weighted by molar-refractivity contribution is -0.384. The van der Waals surface area contributed by atoms with Gasteiger partial charge in [-0.2, -0.15) is 4.31 Å². The van der Waals surface area contributed by atoms with Crippen LogP contribution in [0.4, 0.5) is 11.4 Å². The summed E-state index contributed by atoms with van der Waals surface area (Å²) >= 11 is 0. The third-order valence-electron chi connectivity index (χ3n) is 4.95. The van der Waals surface area contributed by atoms with Gasteiger partial charge in [0.25, 0.3) is 5.69 Å². The number of sulfonamides is 1. The molecule has 0 bridgehead atoms. The van der Waals surface area contributed by atoms with Gasteiger partial charge in [0.15, 0.2) is 5.78 Å². The van der Waals surface area contributed by atoms with Gasteiger partial charge in [0, 0.05) is 36.8 Å². The van der Waals surface area contributed by atoms with Gasteiger partial charge in [-0.15, -0.1) is 0 Å². The van der Waals surface area contributed by atoms with Gasteiger partial charge in [-0.25, -0.2) is 8.42 Å². The Kier molecular flexibility index (Phi) is 7.04. The quantitative estimate of drug-likeness (QED) is 0.375. The molecule has 1 N–H and O–H groups in total. The molecular formula is C21H25N3O6S. The van der Waals surface area contributed by atoms with Crippen molar-refractivity contribution in [3.05, 3.63) is 69.8 Å². The molecule has 0 saturated carbocycles. The molecule has 31 heavy (non-hydrogen) atoms. The van der Waals surface area contributed by atoms with Crippen molar-refractivity contribution in [1.29, 1.82) is 0 Å². The highest BCUT2D eigenvalue weighted by atomic mass is 32.2. The average molecular weight is 448 g/mol. The van der Waals surface area contributed by atoms with E-state index in [-0.39, 0.29) is 60.3 Å². The Morgan fingerprint density at radius 1 is 1.13 bits per heavy atom. The Morgan fingerprint density at radius 3 is 2.39 bits per heavy atom. The molecule has 166 valence electrons. The van der Waals surface area contributed by atoms with E-state index in [0.717, 1.165) is 0 Å². The third-order valence-corrected chi connectivity index (χ3v) is 6.75. The Labute approximate surface area is 181 Å². The number of hydrogen-bond donors (Lipinski definition) is 1. The molecule has 0 radical (unpaired) electrons. The fourth-order valence-corrected chi connectivity index (χ4v) is 5.02. The van der Waals surface area contributed by atoms with E-state index in [1.165, 1.54) is 22.5 Å². The number of benzene rings is 2. The average Bonchev–Trinajstić information content (AvgIpc) is 2.73. The maximum Gasteiger partial charge on any atom is 0.293 e. The lowest BCUT2D eigenvalue weighted by Crippen LogP contribution is -2.49. The molecule has 10 heteroatoms. The molecule has 3 rings (SSSR count). The number of nitrogens with zero attached hydrogens (tertiary/aromatic N) is 2. The summed E-state index contributed by atoms with van der Waals surface area (Å²) in [5.74, 6) is -0.540. The second-order valence-corrected chi connectivity index (χ2v) is 9.59. The van der Waals surface area contributed by atoms with Gasteiger partial charge in [-0.1, -0.05) is 30.3 Å². The summed E-state index contributed by atoms with van der Waals surface area (Å²) in [6, 6.07) is 12.6. The van der Waals surface area contributed by atoms with E-state index in [1.807, 2.05) is 13.8 Å². The molecule has 0 spiro atoms. The van der Waals surface area contributed by atoms with Gasteiger partial charge in [-0.3, -0.25) is 14.9 Å². The van der Waals surface area contributed by atoms with E-state index in [2.05, 4.69) is 5.32 Å². The summed E-state index contributed by atoms with van der Waals surface area (Å²) < 4.78 is 32.2. The van der Waals surface area contributed by atoms with Gasteiger partial charge in [0.1, 0.15) is 5.69 Å². The summed E-state index contributed by atoms with van der Waals surface area (Å²) in [6.45, 7) is 4.19. The van der Waals surface area contributed by atoms with E-state index in [4.69, 9.17) is 4.74 Å². The highest BCUT2D eigenvalue weighted by Crippen LogP contribution is 2.27. The van der Waals surface area contributed by atoms with Crippen molar-refractivity contribution in [3.8, 4) is 0 Å².